The Balaban J connectivity index is 0. The summed E-state index contributed by atoms with van der Waals surface area (Å²) in [6, 6.07) is 0. The molecule has 3 atom stereocenters. The Morgan fingerprint density at radius 1 is 1.00 bits per heavy atom. The molecule has 0 aliphatic carbocycles. The smallest absolute Gasteiger partial charge is 0.379 e. The quantitative estimate of drug-likeness (QED) is 0.365. The molecule has 8 nitrogen and oxygen atoms in total. The van der Waals surface area contributed by atoms with Gasteiger partial charge in [0, 0.05) is 0 Å². The standard InChI is InChI=1S/C6H15NO3.CH4O4S/c1-4(8)7(5(2)9)6(3)10;1-5-6(2,3)4/h4-6,8-10H,1-3H3;1H3,(H,2,3,4). The van der Waals surface area contributed by atoms with Crippen LogP contribution in [0.3, 0.4) is 0 Å². The highest BCUT2D eigenvalue weighted by molar-refractivity contribution is 7.80. The van der Waals surface area contributed by atoms with E-state index < -0.39 is 29.1 Å². The summed E-state index contributed by atoms with van der Waals surface area (Å²) in [5.41, 5.74) is 0. The molecular weight excluding hydrogens is 242 g/mol. The van der Waals surface area contributed by atoms with E-state index in [9.17, 15) is 8.42 Å². The number of nitrogens with zero attached hydrogens (tertiary/aromatic N) is 1. The number of aliphatic hydroxyl groups excluding tert-OH is 3. The summed E-state index contributed by atoms with van der Waals surface area (Å²) in [5.74, 6) is 0. The van der Waals surface area contributed by atoms with Crippen LogP contribution in [-0.2, 0) is 14.6 Å². The zero-order valence-corrected chi connectivity index (χ0v) is 10.4. The van der Waals surface area contributed by atoms with Crippen LogP contribution in [-0.4, -0.2) is 59.0 Å². The van der Waals surface area contributed by atoms with E-state index in [1.165, 1.54) is 25.7 Å². The Bertz CT molecular complexity index is 243. The predicted octanol–water partition coefficient (Wildman–Crippen LogP) is -1.26. The van der Waals surface area contributed by atoms with Gasteiger partial charge in [-0.2, -0.15) is 8.42 Å². The van der Waals surface area contributed by atoms with E-state index in [2.05, 4.69) is 4.18 Å². The van der Waals surface area contributed by atoms with Crippen molar-refractivity contribution in [3.8, 4) is 0 Å². The fourth-order valence-corrected chi connectivity index (χ4v) is 0.937. The Labute approximate surface area is 95.0 Å². The van der Waals surface area contributed by atoms with Crippen molar-refractivity contribution >= 4 is 10.4 Å². The molecule has 0 saturated carbocycles. The largest absolute Gasteiger partial charge is 0.397 e. The number of rotatable bonds is 4. The molecule has 0 amide bonds. The SMILES string of the molecule is CC(O)N(C(C)O)C(C)O.COS(=O)(=O)O. The van der Waals surface area contributed by atoms with E-state index in [1.54, 1.807) is 0 Å². The van der Waals surface area contributed by atoms with Crippen molar-refractivity contribution in [1.82, 2.24) is 4.90 Å². The van der Waals surface area contributed by atoms with Crippen LogP contribution < -0.4 is 0 Å². The van der Waals surface area contributed by atoms with Crippen molar-refractivity contribution in [1.29, 1.82) is 0 Å². The summed E-state index contributed by atoms with van der Waals surface area (Å²) < 4.78 is 29.7. The van der Waals surface area contributed by atoms with Crippen LogP contribution in [0.5, 0.6) is 0 Å². The molecule has 0 fully saturated rings. The van der Waals surface area contributed by atoms with Crippen molar-refractivity contribution in [2.24, 2.45) is 0 Å². The molecule has 9 heteroatoms. The number of hydrogen-bond donors (Lipinski definition) is 4. The molecule has 3 unspecified atom stereocenters. The molecule has 0 aromatic rings. The third kappa shape index (κ3) is 10.2. The van der Waals surface area contributed by atoms with Gasteiger partial charge in [0.2, 0.25) is 0 Å². The first-order chi connectivity index (χ1) is 7.02. The van der Waals surface area contributed by atoms with Crippen molar-refractivity contribution < 1.29 is 32.5 Å². The Morgan fingerprint density at radius 3 is 1.19 bits per heavy atom. The van der Waals surface area contributed by atoms with Gasteiger partial charge in [-0.15, -0.1) is 0 Å². The Kier molecular flexibility index (Phi) is 8.93. The van der Waals surface area contributed by atoms with Crippen LogP contribution in [0, 0.1) is 0 Å². The zero-order chi connectivity index (χ0) is 13.5. The van der Waals surface area contributed by atoms with Gasteiger partial charge in [-0.3, -0.25) is 8.74 Å². The highest BCUT2D eigenvalue weighted by Gasteiger charge is 2.20. The lowest BCUT2D eigenvalue weighted by molar-refractivity contribution is -0.159. The topological polar surface area (TPSA) is 128 Å². The highest BCUT2D eigenvalue weighted by atomic mass is 32.3. The lowest BCUT2D eigenvalue weighted by Crippen LogP contribution is -2.45. The Morgan fingerprint density at radius 2 is 1.19 bits per heavy atom. The molecule has 0 bridgehead atoms. The van der Waals surface area contributed by atoms with Crippen LogP contribution in [0.1, 0.15) is 20.8 Å². The second-order valence-corrected chi connectivity index (χ2v) is 4.13. The van der Waals surface area contributed by atoms with E-state index in [0.29, 0.717) is 0 Å². The molecule has 100 valence electrons. The third-order valence-corrected chi connectivity index (χ3v) is 1.93. The van der Waals surface area contributed by atoms with Gasteiger partial charge in [0.25, 0.3) is 0 Å². The molecule has 0 aromatic heterocycles. The van der Waals surface area contributed by atoms with Crippen molar-refractivity contribution in [3.05, 3.63) is 0 Å². The van der Waals surface area contributed by atoms with Gasteiger partial charge in [-0.25, -0.2) is 4.90 Å². The van der Waals surface area contributed by atoms with Crippen LogP contribution >= 0.6 is 0 Å². The van der Waals surface area contributed by atoms with Gasteiger partial charge in [0.15, 0.2) is 0 Å². The van der Waals surface area contributed by atoms with E-state index in [4.69, 9.17) is 19.9 Å². The van der Waals surface area contributed by atoms with Crippen LogP contribution in [0.2, 0.25) is 0 Å². The van der Waals surface area contributed by atoms with Crippen LogP contribution in [0.25, 0.3) is 0 Å². The van der Waals surface area contributed by atoms with Gasteiger partial charge in [-0.1, -0.05) is 0 Å². The maximum atomic E-state index is 9.33. The second-order valence-electron chi connectivity index (χ2n) is 2.94. The minimum Gasteiger partial charge on any atom is -0.379 e. The first kappa shape index (κ1) is 18.1. The average molecular weight is 261 g/mol. The van der Waals surface area contributed by atoms with Crippen molar-refractivity contribution in [3.63, 3.8) is 0 Å². The predicted molar refractivity (Wildman–Crippen MR) is 55.4 cm³/mol. The van der Waals surface area contributed by atoms with Crippen molar-refractivity contribution in [2.75, 3.05) is 7.11 Å². The summed E-state index contributed by atoms with van der Waals surface area (Å²) >= 11 is 0. The zero-order valence-electron chi connectivity index (χ0n) is 9.60. The van der Waals surface area contributed by atoms with E-state index in [0.717, 1.165) is 7.11 Å². The molecule has 0 heterocycles. The lowest BCUT2D eigenvalue weighted by Gasteiger charge is -2.30. The van der Waals surface area contributed by atoms with Gasteiger partial charge in [-0.05, 0) is 20.8 Å². The molecule has 0 spiro atoms. The van der Waals surface area contributed by atoms with Crippen LogP contribution in [0.15, 0.2) is 0 Å². The Hall–Kier alpha value is -0.290. The first-order valence-corrected chi connectivity index (χ1v) is 5.74. The maximum absolute atomic E-state index is 9.33. The summed E-state index contributed by atoms with van der Waals surface area (Å²) in [6.45, 7) is 4.46. The molecule has 16 heavy (non-hydrogen) atoms. The summed E-state index contributed by atoms with van der Waals surface area (Å²) in [7, 11) is -3.29. The summed E-state index contributed by atoms with van der Waals surface area (Å²) in [5, 5.41) is 26.9. The number of hydrogen-bond acceptors (Lipinski definition) is 7. The van der Waals surface area contributed by atoms with E-state index in [1.807, 2.05) is 0 Å². The van der Waals surface area contributed by atoms with E-state index in [-0.39, 0.29) is 0 Å². The molecule has 0 aliphatic rings. The fourth-order valence-electron chi connectivity index (χ4n) is 0.937. The van der Waals surface area contributed by atoms with Gasteiger partial charge < -0.3 is 15.3 Å². The molecule has 0 rings (SSSR count). The first-order valence-electron chi connectivity index (χ1n) is 4.37. The van der Waals surface area contributed by atoms with Gasteiger partial charge in [0.05, 0.1) is 7.11 Å². The van der Waals surface area contributed by atoms with Crippen LogP contribution in [0.4, 0.5) is 0 Å². The van der Waals surface area contributed by atoms with Crippen molar-refractivity contribution in [2.45, 2.75) is 39.5 Å². The van der Waals surface area contributed by atoms with Gasteiger partial charge in [0.1, 0.15) is 18.7 Å². The molecular formula is C7H19NO7S. The average Bonchev–Trinajstić information content (AvgIpc) is 2.01. The van der Waals surface area contributed by atoms with Gasteiger partial charge >= 0.3 is 10.4 Å². The minimum absolute atomic E-state index is 0.833. The monoisotopic (exact) mass is 261 g/mol. The number of aliphatic hydroxyl groups is 3. The summed E-state index contributed by atoms with van der Waals surface area (Å²) in [6.07, 6.45) is -2.50. The second kappa shape index (κ2) is 7.90. The highest BCUT2D eigenvalue weighted by Crippen LogP contribution is 2.04. The molecule has 0 radical (unpaired) electrons. The summed E-state index contributed by atoms with van der Waals surface area (Å²) in [4.78, 5) is 1.17. The normalized spacial score (nSPS) is 17.3. The van der Waals surface area contributed by atoms with E-state index >= 15 is 0 Å². The molecule has 0 aliphatic heterocycles. The lowest BCUT2D eigenvalue weighted by atomic mass is 10.4. The molecule has 0 saturated heterocycles. The maximum Gasteiger partial charge on any atom is 0.397 e. The fraction of sp³-hybridized carbons (Fsp3) is 1.00. The third-order valence-electron chi connectivity index (χ3n) is 1.51. The molecule has 0 aromatic carbocycles. The molecule has 4 N–H and O–H groups in total. The minimum atomic E-state index is -4.16.